The zero-order valence-corrected chi connectivity index (χ0v) is 16.1. The van der Waals surface area contributed by atoms with Crippen LogP contribution in [0.4, 0.5) is 0 Å². The van der Waals surface area contributed by atoms with Crippen LogP contribution in [0.15, 0.2) is 42.1 Å². The Morgan fingerprint density at radius 3 is 1.87 bits per heavy atom. The fourth-order valence-electron chi connectivity index (χ4n) is 3.05. The highest BCUT2D eigenvalue weighted by molar-refractivity contribution is 5.80. The smallest absolute Gasteiger partial charge is 0.00675 e. The Kier molecular flexibility index (Phi) is 7.35. The second-order valence-electron chi connectivity index (χ2n) is 6.35. The standard InChI is InChI=1S/C22H33N/c1-9-16(5)17(6)22(15-23(7)8)20-13-18(10-2)21(12-4)19(11-3)14-20/h9,13-15H,1,10-12H2,2-8H3/b17-16-,22-15+. The minimum Gasteiger partial charge on any atom is -0.383 e. The third-order valence-corrected chi connectivity index (χ3v) is 4.55. The number of allylic oxidation sites excluding steroid dienone is 4. The molecule has 1 aromatic rings. The van der Waals surface area contributed by atoms with Crippen LogP contribution in [0.5, 0.6) is 0 Å². The van der Waals surface area contributed by atoms with Crippen LogP contribution in [0.3, 0.4) is 0 Å². The summed E-state index contributed by atoms with van der Waals surface area (Å²) in [6.45, 7) is 15.0. The molecule has 126 valence electrons. The quantitative estimate of drug-likeness (QED) is 0.575. The summed E-state index contributed by atoms with van der Waals surface area (Å²) in [5, 5.41) is 0. The van der Waals surface area contributed by atoms with Crippen molar-refractivity contribution in [2.24, 2.45) is 0 Å². The molecule has 0 aliphatic carbocycles. The molecule has 0 spiro atoms. The summed E-state index contributed by atoms with van der Waals surface area (Å²) < 4.78 is 0. The Bertz CT molecular complexity index is 590. The predicted octanol–water partition coefficient (Wildman–Crippen LogP) is 5.80. The summed E-state index contributed by atoms with van der Waals surface area (Å²) in [5.74, 6) is 0. The Morgan fingerprint density at radius 2 is 1.52 bits per heavy atom. The topological polar surface area (TPSA) is 3.24 Å². The van der Waals surface area contributed by atoms with Gasteiger partial charge in [-0.25, -0.2) is 0 Å². The Labute approximate surface area is 143 Å². The molecule has 0 saturated carbocycles. The molecule has 0 amide bonds. The molecule has 1 aromatic carbocycles. The molecule has 0 saturated heterocycles. The van der Waals surface area contributed by atoms with Gasteiger partial charge in [0.15, 0.2) is 0 Å². The highest BCUT2D eigenvalue weighted by Gasteiger charge is 2.12. The SMILES string of the molecule is C=C/C(C)=C(C)\C(=C/N(C)C)c1cc(CC)c(CC)c(CC)c1. The number of rotatable bonds is 7. The van der Waals surface area contributed by atoms with Gasteiger partial charge in [0.1, 0.15) is 0 Å². The molecule has 0 fully saturated rings. The van der Waals surface area contributed by atoms with Crippen molar-refractivity contribution in [1.29, 1.82) is 0 Å². The lowest BCUT2D eigenvalue weighted by Gasteiger charge is -2.19. The maximum absolute atomic E-state index is 3.93. The maximum Gasteiger partial charge on any atom is 0.00675 e. The normalized spacial score (nSPS) is 12.9. The van der Waals surface area contributed by atoms with E-state index >= 15 is 0 Å². The highest BCUT2D eigenvalue weighted by Crippen LogP contribution is 2.30. The zero-order valence-electron chi connectivity index (χ0n) is 16.1. The van der Waals surface area contributed by atoms with Crippen molar-refractivity contribution in [2.75, 3.05) is 14.1 Å². The van der Waals surface area contributed by atoms with Crippen LogP contribution >= 0.6 is 0 Å². The van der Waals surface area contributed by atoms with Crippen LogP contribution < -0.4 is 0 Å². The third-order valence-electron chi connectivity index (χ3n) is 4.55. The van der Waals surface area contributed by atoms with Gasteiger partial charge in [-0.2, -0.15) is 0 Å². The molecule has 23 heavy (non-hydrogen) atoms. The van der Waals surface area contributed by atoms with Gasteiger partial charge in [0.2, 0.25) is 0 Å². The molecule has 0 unspecified atom stereocenters. The molecule has 0 bridgehead atoms. The van der Waals surface area contributed by atoms with Crippen molar-refractivity contribution in [1.82, 2.24) is 4.90 Å². The number of hydrogen-bond acceptors (Lipinski definition) is 1. The third kappa shape index (κ3) is 4.60. The van der Waals surface area contributed by atoms with Gasteiger partial charge in [-0.15, -0.1) is 0 Å². The second kappa shape index (κ2) is 8.76. The van der Waals surface area contributed by atoms with Crippen molar-refractivity contribution < 1.29 is 0 Å². The van der Waals surface area contributed by atoms with Crippen LogP contribution in [0, 0.1) is 0 Å². The molecule has 1 nitrogen and oxygen atoms in total. The first-order valence-corrected chi connectivity index (χ1v) is 8.72. The molecule has 0 heterocycles. The lowest BCUT2D eigenvalue weighted by Crippen LogP contribution is -2.06. The molecule has 1 rings (SSSR count). The summed E-state index contributed by atoms with van der Waals surface area (Å²) in [4.78, 5) is 2.13. The fourth-order valence-corrected chi connectivity index (χ4v) is 3.05. The maximum atomic E-state index is 3.93. The van der Waals surface area contributed by atoms with E-state index in [2.05, 4.69) is 78.5 Å². The summed E-state index contributed by atoms with van der Waals surface area (Å²) in [5.41, 5.74) is 9.63. The van der Waals surface area contributed by atoms with Crippen LogP contribution in [-0.4, -0.2) is 19.0 Å². The van der Waals surface area contributed by atoms with Crippen LogP contribution in [0.2, 0.25) is 0 Å². The van der Waals surface area contributed by atoms with Gasteiger partial charge in [0, 0.05) is 25.9 Å². The van der Waals surface area contributed by atoms with Crippen LogP contribution in [0.1, 0.15) is 56.9 Å². The van der Waals surface area contributed by atoms with Gasteiger partial charge in [0.05, 0.1) is 0 Å². The monoisotopic (exact) mass is 311 g/mol. The number of benzene rings is 1. The molecular formula is C22H33N. The van der Waals surface area contributed by atoms with Crippen molar-refractivity contribution in [3.63, 3.8) is 0 Å². The van der Waals surface area contributed by atoms with Gasteiger partial charge >= 0.3 is 0 Å². The van der Waals surface area contributed by atoms with Crippen molar-refractivity contribution in [2.45, 2.75) is 53.9 Å². The van der Waals surface area contributed by atoms with E-state index in [4.69, 9.17) is 0 Å². The zero-order chi connectivity index (χ0) is 17.6. The van der Waals surface area contributed by atoms with Crippen molar-refractivity contribution in [3.05, 3.63) is 64.4 Å². The van der Waals surface area contributed by atoms with Gasteiger partial charge in [0.25, 0.3) is 0 Å². The number of hydrogen-bond donors (Lipinski definition) is 0. The van der Waals surface area contributed by atoms with E-state index in [0.29, 0.717) is 0 Å². The average Bonchev–Trinajstić information content (AvgIpc) is 2.56. The minimum atomic E-state index is 1.09. The summed E-state index contributed by atoms with van der Waals surface area (Å²) >= 11 is 0. The average molecular weight is 312 g/mol. The largest absolute Gasteiger partial charge is 0.383 e. The second-order valence-corrected chi connectivity index (χ2v) is 6.35. The lowest BCUT2D eigenvalue weighted by atomic mass is 9.88. The molecule has 0 aliphatic heterocycles. The van der Waals surface area contributed by atoms with Gasteiger partial charge in [-0.3, -0.25) is 0 Å². The molecule has 0 N–H and O–H groups in total. The first-order chi connectivity index (χ1) is 10.9. The Balaban J connectivity index is 3.64. The number of nitrogens with zero attached hydrogens (tertiary/aromatic N) is 1. The Morgan fingerprint density at radius 1 is 1.00 bits per heavy atom. The van der Waals surface area contributed by atoms with E-state index < -0.39 is 0 Å². The Hall–Kier alpha value is -1.76. The van der Waals surface area contributed by atoms with E-state index in [1.807, 2.05) is 6.08 Å². The van der Waals surface area contributed by atoms with Gasteiger partial charge in [-0.05, 0) is 66.5 Å². The fraction of sp³-hybridized carbons (Fsp3) is 0.455. The molecule has 0 atom stereocenters. The molecular weight excluding hydrogens is 278 g/mol. The summed E-state index contributed by atoms with van der Waals surface area (Å²) in [6.07, 6.45) is 7.45. The summed E-state index contributed by atoms with van der Waals surface area (Å²) in [7, 11) is 4.16. The first-order valence-electron chi connectivity index (χ1n) is 8.72. The van der Waals surface area contributed by atoms with E-state index in [0.717, 1.165) is 19.3 Å². The predicted molar refractivity (Wildman–Crippen MR) is 105 cm³/mol. The molecule has 1 heteroatoms. The summed E-state index contributed by atoms with van der Waals surface area (Å²) in [6, 6.07) is 4.76. The van der Waals surface area contributed by atoms with Crippen LogP contribution in [0.25, 0.3) is 5.57 Å². The molecule has 0 radical (unpaired) electrons. The molecule has 0 aliphatic rings. The molecule has 0 aromatic heterocycles. The van der Waals surface area contributed by atoms with E-state index in [-0.39, 0.29) is 0 Å². The lowest BCUT2D eigenvalue weighted by molar-refractivity contribution is 0.565. The van der Waals surface area contributed by atoms with Crippen molar-refractivity contribution >= 4 is 5.57 Å². The van der Waals surface area contributed by atoms with E-state index in [9.17, 15) is 0 Å². The first kappa shape index (κ1) is 19.3. The van der Waals surface area contributed by atoms with Crippen LogP contribution in [-0.2, 0) is 19.3 Å². The number of aryl methyl sites for hydroxylation is 2. The van der Waals surface area contributed by atoms with E-state index in [1.165, 1.54) is 39.0 Å². The minimum absolute atomic E-state index is 1.09. The van der Waals surface area contributed by atoms with Crippen molar-refractivity contribution in [3.8, 4) is 0 Å². The highest BCUT2D eigenvalue weighted by atomic mass is 15.0. The van der Waals surface area contributed by atoms with E-state index in [1.54, 1.807) is 0 Å². The van der Waals surface area contributed by atoms with Gasteiger partial charge in [-0.1, -0.05) is 45.6 Å². The van der Waals surface area contributed by atoms with Gasteiger partial charge < -0.3 is 4.90 Å².